The quantitative estimate of drug-likeness (QED) is 0.332. The highest BCUT2D eigenvalue weighted by molar-refractivity contribution is 6.49. The van der Waals surface area contributed by atoms with Crippen molar-refractivity contribution in [1.82, 2.24) is 0 Å². The summed E-state index contributed by atoms with van der Waals surface area (Å²) in [4.78, 5) is 4.28. The maximum atomic E-state index is 6.16. The van der Waals surface area contributed by atoms with E-state index in [9.17, 15) is 0 Å². The first-order valence-corrected chi connectivity index (χ1v) is 8.45. The van der Waals surface area contributed by atoms with E-state index in [0.29, 0.717) is 10.7 Å². The number of benzene rings is 3. The van der Waals surface area contributed by atoms with Crippen LogP contribution in [0.15, 0.2) is 53.5 Å². The second kappa shape index (κ2) is 7.40. The summed E-state index contributed by atoms with van der Waals surface area (Å²) in [6, 6.07) is 14.8. The zero-order chi connectivity index (χ0) is 18.0. The number of methoxy groups -OCH3 is 1. The molecule has 7 heteroatoms. The number of hydrogen-bond donors (Lipinski definition) is 2. The maximum Gasteiger partial charge on any atom is 0.198 e. The molecule has 128 valence electrons. The number of nitrogens with zero attached hydrogens (tertiary/aromatic N) is 1. The average Bonchev–Trinajstić information content (AvgIpc) is 2.62. The van der Waals surface area contributed by atoms with Crippen molar-refractivity contribution in [2.75, 3.05) is 12.4 Å². The van der Waals surface area contributed by atoms with Crippen molar-refractivity contribution in [3.8, 4) is 5.75 Å². The van der Waals surface area contributed by atoms with E-state index in [4.69, 9.17) is 45.3 Å². The van der Waals surface area contributed by atoms with E-state index in [-0.39, 0.29) is 16.0 Å². The lowest BCUT2D eigenvalue weighted by Gasteiger charge is -2.12. The predicted octanol–water partition coefficient (Wildman–Crippen LogP) is 5.87. The van der Waals surface area contributed by atoms with E-state index >= 15 is 0 Å². The normalized spacial score (nSPS) is 11.6. The third kappa shape index (κ3) is 3.61. The summed E-state index contributed by atoms with van der Waals surface area (Å²) in [6.07, 6.45) is 0. The van der Waals surface area contributed by atoms with Gasteiger partial charge >= 0.3 is 0 Å². The summed E-state index contributed by atoms with van der Waals surface area (Å²) >= 11 is 18.1. The zero-order valence-corrected chi connectivity index (χ0v) is 15.5. The number of ether oxygens (including phenoxy) is 1. The number of hydrogen-bond acceptors (Lipinski definition) is 2. The molecule has 0 unspecified atom stereocenters. The van der Waals surface area contributed by atoms with E-state index in [1.807, 2.05) is 36.4 Å². The molecule has 0 saturated carbocycles. The molecule has 0 aliphatic heterocycles. The number of nitrogens with one attached hydrogen (secondary N) is 1. The van der Waals surface area contributed by atoms with Gasteiger partial charge in [-0.25, -0.2) is 4.99 Å². The lowest BCUT2D eigenvalue weighted by atomic mass is 10.1. The average molecular weight is 395 g/mol. The highest BCUT2D eigenvalue weighted by Crippen LogP contribution is 2.37. The van der Waals surface area contributed by atoms with Crippen LogP contribution in [0.1, 0.15) is 0 Å². The van der Waals surface area contributed by atoms with Crippen molar-refractivity contribution >= 4 is 62.9 Å². The summed E-state index contributed by atoms with van der Waals surface area (Å²) in [5, 5.41) is 5.86. The summed E-state index contributed by atoms with van der Waals surface area (Å²) in [6.45, 7) is 0. The minimum absolute atomic E-state index is 0.176. The van der Waals surface area contributed by atoms with Crippen LogP contribution in [0.5, 0.6) is 5.75 Å². The molecule has 0 heterocycles. The minimum Gasteiger partial charge on any atom is -0.496 e. The van der Waals surface area contributed by atoms with Crippen molar-refractivity contribution in [3.63, 3.8) is 0 Å². The Morgan fingerprint density at radius 3 is 2.40 bits per heavy atom. The Bertz CT molecular complexity index is 973. The van der Waals surface area contributed by atoms with Crippen molar-refractivity contribution < 1.29 is 4.74 Å². The van der Waals surface area contributed by atoms with Gasteiger partial charge in [0.25, 0.3) is 0 Å². The van der Waals surface area contributed by atoms with Gasteiger partial charge in [-0.05, 0) is 24.3 Å². The van der Waals surface area contributed by atoms with Crippen molar-refractivity contribution in [3.05, 3.63) is 63.6 Å². The Hall–Kier alpha value is -2.14. The topological polar surface area (TPSA) is 59.6 Å². The van der Waals surface area contributed by atoms with E-state index < -0.39 is 0 Å². The molecule has 3 N–H and O–H groups in total. The molecular formula is C18H14Cl3N3O. The first-order chi connectivity index (χ1) is 12.0. The van der Waals surface area contributed by atoms with Gasteiger partial charge in [-0.15, -0.1) is 0 Å². The van der Waals surface area contributed by atoms with Gasteiger partial charge in [0.15, 0.2) is 5.96 Å². The first kappa shape index (κ1) is 17.7. The Morgan fingerprint density at radius 1 is 0.960 bits per heavy atom. The number of guanidine groups is 1. The molecule has 0 aromatic heterocycles. The van der Waals surface area contributed by atoms with E-state index in [0.717, 1.165) is 22.2 Å². The van der Waals surface area contributed by atoms with Crippen LogP contribution < -0.4 is 15.8 Å². The number of rotatable bonds is 3. The number of halogens is 3. The van der Waals surface area contributed by atoms with Gasteiger partial charge in [-0.1, -0.05) is 59.1 Å². The molecule has 0 saturated heterocycles. The molecule has 3 rings (SSSR count). The Morgan fingerprint density at radius 2 is 1.68 bits per heavy atom. The largest absolute Gasteiger partial charge is 0.496 e. The monoisotopic (exact) mass is 393 g/mol. The number of aliphatic imine (C=N–C) groups is 1. The second-order valence-electron chi connectivity index (χ2n) is 5.18. The van der Waals surface area contributed by atoms with Crippen molar-refractivity contribution in [2.45, 2.75) is 0 Å². The first-order valence-electron chi connectivity index (χ1n) is 7.31. The summed E-state index contributed by atoms with van der Waals surface area (Å²) < 4.78 is 5.39. The summed E-state index contributed by atoms with van der Waals surface area (Å²) in [7, 11) is 1.64. The third-order valence-corrected chi connectivity index (χ3v) is 4.91. The Kier molecular flexibility index (Phi) is 5.23. The molecule has 0 radical (unpaired) electrons. The molecule has 0 amide bonds. The molecule has 3 aromatic carbocycles. The van der Waals surface area contributed by atoms with Crippen LogP contribution in [0.25, 0.3) is 10.8 Å². The molecule has 0 atom stereocenters. The fourth-order valence-electron chi connectivity index (χ4n) is 2.46. The van der Waals surface area contributed by atoms with Gasteiger partial charge in [0.05, 0.1) is 27.9 Å². The van der Waals surface area contributed by atoms with Crippen LogP contribution in [0.2, 0.25) is 15.1 Å². The number of nitrogens with two attached hydrogens (primary N) is 1. The number of fused-ring (bicyclic) bond motifs is 1. The molecular weight excluding hydrogens is 381 g/mol. The van der Waals surface area contributed by atoms with Gasteiger partial charge in [0, 0.05) is 16.5 Å². The van der Waals surface area contributed by atoms with Crippen LogP contribution in [-0.2, 0) is 0 Å². The fourth-order valence-corrected chi connectivity index (χ4v) is 3.03. The molecule has 0 spiro atoms. The van der Waals surface area contributed by atoms with Crippen molar-refractivity contribution in [2.24, 2.45) is 10.7 Å². The number of anilines is 1. The molecule has 4 nitrogen and oxygen atoms in total. The van der Waals surface area contributed by atoms with Gasteiger partial charge < -0.3 is 15.8 Å². The van der Waals surface area contributed by atoms with Gasteiger partial charge in [-0.2, -0.15) is 0 Å². The van der Waals surface area contributed by atoms with E-state index in [1.165, 1.54) is 0 Å². The lowest BCUT2D eigenvalue weighted by Crippen LogP contribution is -2.22. The Labute approximate surface area is 160 Å². The Balaban J connectivity index is 1.98. The second-order valence-corrected chi connectivity index (χ2v) is 6.34. The molecule has 0 aliphatic carbocycles. The fraction of sp³-hybridized carbons (Fsp3) is 0.0556. The van der Waals surface area contributed by atoms with Crippen molar-refractivity contribution in [1.29, 1.82) is 0 Å². The highest BCUT2D eigenvalue weighted by Gasteiger charge is 2.10. The van der Waals surface area contributed by atoms with Crippen LogP contribution in [0.3, 0.4) is 0 Å². The minimum atomic E-state index is 0.176. The molecule has 0 fully saturated rings. The SMILES string of the molecule is COc1ccc(NC(N)=Nc2ccc(Cl)c(Cl)c2Cl)c2ccccc12. The van der Waals surface area contributed by atoms with Gasteiger partial charge in [0.1, 0.15) is 5.75 Å². The third-order valence-electron chi connectivity index (χ3n) is 3.62. The van der Waals surface area contributed by atoms with Crippen LogP contribution in [0, 0.1) is 0 Å². The van der Waals surface area contributed by atoms with Gasteiger partial charge in [0.2, 0.25) is 0 Å². The predicted molar refractivity (Wildman–Crippen MR) is 107 cm³/mol. The van der Waals surface area contributed by atoms with E-state index in [1.54, 1.807) is 19.2 Å². The lowest BCUT2D eigenvalue weighted by molar-refractivity contribution is 0.420. The summed E-state index contributed by atoms with van der Waals surface area (Å²) in [5.41, 5.74) is 7.26. The molecule has 3 aromatic rings. The van der Waals surface area contributed by atoms with Gasteiger partial charge in [-0.3, -0.25) is 0 Å². The van der Waals surface area contributed by atoms with Crippen LogP contribution >= 0.6 is 34.8 Å². The maximum absolute atomic E-state index is 6.16. The smallest absolute Gasteiger partial charge is 0.198 e. The molecule has 25 heavy (non-hydrogen) atoms. The van der Waals surface area contributed by atoms with Crippen LogP contribution in [0.4, 0.5) is 11.4 Å². The standard InChI is InChI=1S/C18H14Cl3N3O/c1-25-15-9-8-13(10-4-2-3-5-11(10)15)23-18(22)24-14-7-6-12(19)16(20)17(14)21/h2-9H,1H3,(H3,22,23,24). The highest BCUT2D eigenvalue weighted by atomic mass is 35.5. The molecule has 0 bridgehead atoms. The van der Waals surface area contributed by atoms with E-state index in [2.05, 4.69) is 10.3 Å². The zero-order valence-electron chi connectivity index (χ0n) is 13.2. The summed E-state index contributed by atoms with van der Waals surface area (Å²) in [5.74, 6) is 0.958. The van der Waals surface area contributed by atoms with Crippen LogP contribution in [-0.4, -0.2) is 13.1 Å². The molecule has 0 aliphatic rings.